The average molecular weight is 593 g/mol. The Morgan fingerprint density at radius 2 is 1.50 bits per heavy atom. The van der Waals surface area contributed by atoms with Crippen molar-refractivity contribution < 1.29 is 63.2 Å². The molecule has 2 aromatic rings. The highest BCUT2D eigenvalue weighted by atomic mass is 19.4. The molecule has 0 saturated heterocycles. The van der Waals surface area contributed by atoms with E-state index in [9.17, 15) is 49.0 Å². The minimum Gasteiger partial charge on any atom is -0.457 e. The summed E-state index contributed by atoms with van der Waals surface area (Å²) in [6.07, 6.45) is -20.8. The Labute approximate surface area is 222 Å². The number of ether oxygens (including phenoxy) is 3. The highest BCUT2D eigenvalue weighted by Gasteiger charge is 2.54. The van der Waals surface area contributed by atoms with E-state index < -0.39 is 61.5 Å². The molecule has 3 unspecified atom stereocenters. The third kappa shape index (κ3) is 9.13. The fourth-order valence-corrected chi connectivity index (χ4v) is 4.27. The molecule has 2 N–H and O–H groups in total. The molecule has 1 aliphatic carbocycles. The number of nitrogens with one attached hydrogen (secondary N) is 1. The highest BCUT2D eigenvalue weighted by Crippen LogP contribution is 2.36. The maximum Gasteiger partial charge on any atom is 0.573 e. The highest BCUT2D eigenvalue weighted by molar-refractivity contribution is 5.38. The minimum atomic E-state index is -5.19. The van der Waals surface area contributed by atoms with Crippen LogP contribution >= 0.6 is 0 Å². The molecule has 3 atom stereocenters. The number of hydrogen-bond acceptors (Lipinski definition) is 5. The number of aliphatic hydroxyl groups is 1. The second-order valence-electron chi connectivity index (χ2n) is 9.32. The van der Waals surface area contributed by atoms with Gasteiger partial charge in [0.1, 0.15) is 17.2 Å². The van der Waals surface area contributed by atoms with Crippen molar-refractivity contribution in [2.75, 3.05) is 6.54 Å². The number of alkyl halides is 10. The lowest BCUT2D eigenvalue weighted by Crippen LogP contribution is -2.59. The second kappa shape index (κ2) is 12.4. The fraction of sp³-hybridized carbons (Fsp3) is 0.520. The second-order valence-corrected chi connectivity index (χ2v) is 9.32. The number of halogens is 10. The molecule has 0 aliphatic heterocycles. The molecule has 0 radical (unpaired) electrons. The first-order chi connectivity index (χ1) is 18.5. The summed E-state index contributed by atoms with van der Waals surface area (Å²) in [7, 11) is 0. The molecule has 224 valence electrons. The zero-order chi connectivity index (χ0) is 29.8. The van der Waals surface area contributed by atoms with Crippen molar-refractivity contribution in [3.8, 4) is 17.2 Å². The quantitative estimate of drug-likeness (QED) is 0.213. The lowest BCUT2D eigenvalue weighted by Gasteiger charge is -2.36. The van der Waals surface area contributed by atoms with E-state index in [4.69, 9.17) is 4.74 Å². The van der Waals surface area contributed by atoms with Crippen molar-refractivity contribution in [2.45, 2.75) is 69.0 Å². The van der Waals surface area contributed by atoms with Crippen LogP contribution < -0.4 is 14.8 Å². The molecule has 0 amide bonds. The predicted octanol–water partition coefficient (Wildman–Crippen LogP) is 7.19. The Balaban J connectivity index is 1.67. The fourth-order valence-electron chi connectivity index (χ4n) is 4.27. The molecule has 0 heterocycles. The summed E-state index contributed by atoms with van der Waals surface area (Å²) in [6, 6.07) is 9.49. The van der Waals surface area contributed by atoms with Crippen LogP contribution in [-0.4, -0.2) is 48.6 Å². The van der Waals surface area contributed by atoms with E-state index in [2.05, 4.69) is 9.47 Å². The van der Waals surface area contributed by atoms with Gasteiger partial charge in [0.05, 0.1) is 6.10 Å². The summed E-state index contributed by atoms with van der Waals surface area (Å²) in [5.74, 6) is -1.40. The maximum absolute atomic E-state index is 13.9. The first-order valence-corrected chi connectivity index (χ1v) is 12.0. The van der Waals surface area contributed by atoms with Crippen LogP contribution in [0.3, 0.4) is 0 Å². The van der Waals surface area contributed by atoms with Gasteiger partial charge in [-0.1, -0.05) is 24.6 Å². The largest absolute Gasteiger partial charge is 0.573 e. The Bertz CT molecular complexity index is 1110. The molecule has 15 heteroatoms. The standard InChI is InChI=1S/C25H25F10NO4/c26-21(27)23(28,29)39-19-8-2-5-16(11-19)14-36-22(37,24(30,31)32)13-15-4-1-6-17(10-15)38-18-7-3-9-20(12-18)40-25(33,34)35/h1,3-4,6-7,9-10,12,16,19,21,36-37H,2,5,8,11,13-14H2. The van der Waals surface area contributed by atoms with Crippen molar-refractivity contribution in [1.82, 2.24) is 5.32 Å². The summed E-state index contributed by atoms with van der Waals surface area (Å²) in [5.41, 5.74) is -3.53. The van der Waals surface area contributed by atoms with Crippen molar-refractivity contribution in [3.63, 3.8) is 0 Å². The Morgan fingerprint density at radius 1 is 0.875 bits per heavy atom. The van der Waals surface area contributed by atoms with Crippen LogP contribution in [0.2, 0.25) is 0 Å². The van der Waals surface area contributed by atoms with Crippen molar-refractivity contribution >= 4 is 0 Å². The van der Waals surface area contributed by atoms with E-state index >= 15 is 0 Å². The normalized spacial score (nSPS) is 20.3. The molecule has 0 bridgehead atoms. The molecule has 3 rings (SSSR count). The van der Waals surface area contributed by atoms with Gasteiger partial charge in [-0.2, -0.15) is 22.0 Å². The number of hydrogen-bond donors (Lipinski definition) is 2. The van der Waals surface area contributed by atoms with E-state index in [1.54, 1.807) is 0 Å². The third-order valence-electron chi connectivity index (χ3n) is 6.10. The van der Waals surface area contributed by atoms with Gasteiger partial charge in [0.25, 0.3) is 0 Å². The molecule has 1 aliphatic rings. The van der Waals surface area contributed by atoms with E-state index in [1.807, 2.05) is 5.32 Å². The lowest BCUT2D eigenvalue weighted by atomic mass is 9.86. The monoisotopic (exact) mass is 593 g/mol. The van der Waals surface area contributed by atoms with E-state index in [0.717, 1.165) is 18.2 Å². The van der Waals surface area contributed by atoms with Crippen LogP contribution in [0.4, 0.5) is 43.9 Å². The van der Waals surface area contributed by atoms with Gasteiger partial charge in [-0.3, -0.25) is 5.32 Å². The molecule has 0 spiro atoms. The average Bonchev–Trinajstić information content (AvgIpc) is 2.81. The van der Waals surface area contributed by atoms with Crippen LogP contribution in [0.5, 0.6) is 17.2 Å². The first kappa shape index (κ1) is 31.7. The lowest BCUT2D eigenvalue weighted by molar-refractivity contribution is -0.322. The van der Waals surface area contributed by atoms with Crippen molar-refractivity contribution in [3.05, 3.63) is 54.1 Å². The van der Waals surface area contributed by atoms with Gasteiger partial charge in [0.2, 0.25) is 5.72 Å². The SMILES string of the molecule is OC(Cc1cccc(Oc2cccc(OC(F)(F)F)c2)c1)(NCC1CCCC(OC(F)(F)C(F)F)C1)C(F)(F)F. The Kier molecular flexibility index (Phi) is 9.83. The molecule has 40 heavy (non-hydrogen) atoms. The van der Waals surface area contributed by atoms with Crippen molar-refractivity contribution in [2.24, 2.45) is 5.92 Å². The van der Waals surface area contributed by atoms with E-state index in [0.29, 0.717) is 6.42 Å². The molecular formula is C25H25F10NO4. The summed E-state index contributed by atoms with van der Waals surface area (Å²) in [5, 5.41) is 12.6. The predicted molar refractivity (Wildman–Crippen MR) is 120 cm³/mol. The third-order valence-corrected chi connectivity index (χ3v) is 6.10. The Morgan fingerprint density at radius 3 is 2.12 bits per heavy atom. The van der Waals surface area contributed by atoms with E-state index in [1.165, 1.54) is 30.3 Å². The molecule has 2 aromatic carbocycles. The van der Waals surface area contributed by atoms with Crippen LogP contribution in [0.1, 0.15) is 31.2 Å². The van der Waals surface area contributed by atoms with Gasteiger partial charge >= 0.3 is 25.1 Å². The van der Waals surface area contributed by atoms with Crippen molar-refractivity contribution in [1.29, 1.82) is 0 Å². The summed E-state index contributed by atoms with van der Waals surface area (Å²) in [6.45, 7) is -0.474. The van der Waals surface area contributed by atoms with Gasteiger partial charge in [-0.05, 0) is 55.0 Å². The zero-order valence-electron chi connectivity index (χ0n) is 20.5. The molecule has 1 saturated carbocycles. The van der Waals surface area contributed by atoms with Crippen LogP contribution in [0.25, 0.3) is 0 Å². The zero-order valence-corrected chi connectivity index (χ0v) is 20.5. The maximum atomic E-state index is 13.9. The summed E-state index contributed by atoms with van der Waals surface area (Å²) >= 11 is 0. The molecule has 1 fully saturated rings. The summed E-state index contributed by atoms with van der Waals surface area (Å²) < 4.78 is 144. The van der Waals surface area contributed by atoms with Gasteiger partial charge in [0.15, 0.2) is 0 Å². The number of benzene rings is 2. The van der Waals surface area contributed by atoms with Gasteiger partial charge in [0, 0.05) is 19.0 Å². The molecule has 5 nitrogen and oxygen atoms in total. The number of rotatable bonds is 11. The summed E-state index contributed by atoms with van der Waals surface area (Å²) in [4.78, 5) is 0. The molecular weight excluding hydrogens is 568 g/mol. The molecule has 0 aromatic heterocycles. The minimum absolute atomic E-state index is 0.0282. The van der Waals surface area contributed by atoms with Gasteiger partial charge in [-0.15, -0.1) is 13.2 Å². The van der Waals surface area contributed by atoms with Crippen LogP contribution in [-0.2, 0) is 11.2 Å². The topological polar surface area (TPSA) is 60.0 Å². The van der Waals surface area contributed by atoms with Gasteiger partial charge < -0.3 is 19.3 Å². The Hall–Kier alpha value is -2.78. The first-order valence-electron chi connectivity index (χ1n) is 12.0. The van der Waals surface area contributed by atoms with Gasteiger partial charge in [-0.25, -0.2) is 8.78 Å². The van der Waals surface area contributed by atoms with Crippen LogP contribution in [0.15, 0.2) is 48.5 Å². The smallest absolute Gasteiger partial charge is 0.457 e. The van der Waals surface area contributed by atoms with E-state index in [-0.39, 0.29) is 36.3 Å². The van der Waals surface area contributed by atoms with Crippen LogP contribution in [0, 0.1) is 5.92 Å².